The summed E-state index contributed by atoms with van der Waals surface area (Å²) in [6, 6.07) is 13.2. The van der Waals surface area contributed by atoms with Gasteiger partial charge in [0.2, 0.25) is 5.91 Å². The summed E-state index contributed by atoms with van der Waals surface area (Å²) in [7, 11) is 0. The summed E-state index contributed by atoms with van der Waals surface area (Å²) in [6.07, 6.45) is 0.568. The number of rotatable bonds is 8. The molecule has 2 aromatic carbocycles. The van der Waals surface area contributed by atoms with Gasteiger partial charge in [-0.05, 0) is 37.0 Å². The first kappa shape index (κ1) is 24.1. The minimum Gasteiger partial charge on any atom is -0.480 e. The van der Waals surface area contributed by atoms with Crippen LogP contribution in [0.15, 0.2) is 54.6 Å². The predicted molar refractivity (Wildman–Crippen MR) is 122 cm³/mol. The van der Waals surface area contributed by atoms with E-state index in [1.807, 2.05) is 30.3 Å². The molecule has 4 rings (SSSR count). The summed E-state index contributed by atoms with van der Waals surface area (Å²) in [5.41, 5.74) is 3.99. The molecule has 1 saturated heterocycles. The van der Waals surface area contributed by atoms with E-state index in [9.17, 15) is 29.1 Å². The normalized spacial score (nSPS) is 18.2. The molecule has 2 aliphatic rings. The zero-order chi connectivity index (χ0) is 24.9. The monoisotopic (exact) mass is 479 g/mol. The summed E-state index contributed by atoms with van der Waals surface area (Å²) in [6.45, 7) is 0.457. The maximum atomic E-state index is 12.8. The van der Waals surface area contributed by atoms with E-state index in [4.69, 9.17) is 4.74 Å². The molecule has 182 valence electrons. The van der Waals surface area contributed by atoms with Crippen molar-refractivity contribution in [3.8, 4) is 0 Å². The number of amides is 3. The van der Waals surface area contributed by atoms with Crippen molar-refractivity contribution in [2.24, 2.45) is 0 Å². The first-order valence-corrected chi connectivity index (χ1v) is 11.3. The Kier molecular flexibility index (Phi) is 7.21. The number of carboxylic acids is 1. The molecular weight excluding hydrogens is 454 g/mol. The van der Waals surface area contributed by atoms with Gasteiger partial charge in [-0.2, -0.15) is 0 Å². The van der Waals surface area contributed by atoms with Crippen molar-refractivity contribution in [3.63, 3.8) is 0 Å². The van der Waals surface area contributed by atoms with Gasteiger partial charge in [0.05, 0.1) is 11.1 Å². The number of nitrogens with one attached hydrogen (secondary N) is 1. The number of ether oxygens (including phenoxy) is 1. The predicted octanol–water partition coefficient (Wildman–Crippen LogP) is 1.75. The Morgan fingerprint density at radius 3 is 2.26 bits per heavy atom. The van der Waals surface area contributed by atoms with Crippen molar-refractivity contribution in [1.82, 2.24) is 15.3 Å². The van der Waals surface area contributed by atoms with E-state index in [0.29, 0.717) is 24.3 Å². The van der Waals surface area contributed by atoms with Gasteiger partial charge in [-0.15, -0.1) is 0 Å². The molecule has 0 saturated carbocycles. The zero-order valence-electron chi connectivity index (χ0n) is 18.9. The lowest BCUT2D eigenvalue weighted by Gasteiger charge is -2.33. The van der Waals surface area contributed by atoms with Crippen molar-refractivity contribution in [2.75, 3.05) is 6.54 Å². The Hall–Kier alpha value is -4.05. The van der Waals surface area contributed by atoms with Gasteiger partial charge in [0.25, 0.3) is 11.8 Å². The third-order valence-corrected chi connectivity index (χ3v) is 6.05. The molecule has 3 amide bonds. The Balaban J connectivity index is 1.33. The number of imide groups is 1. The molecule has 10 heteroatoms. The summed E-state index contributed by atoms with van der Waals surface area (Å²) in [5.74, 6) is -3.68. The molecule has 2 aromatic rings. The number of esters is 1. The summed E-state index contributed by atoms with van der Waals surface area (Å²) >= 11 is 0. The molecule has 2 atom stereocenters. The second-order valence-electron chi connectivity index (χ2n) is 8.38. The lowest BCUT2D eigenvalue weighted by atomic mass is 10.1. The molecule has 2 heterocycles. The molecule has 0 bridgehead atoms. The molecule has 1 unspecified atom stereocenters. The molecule has 1 fully saturated rings. The average Bonchev–Trinajstić information content (AvgIpc) is 3.13. The third-order valence-electron chi connectivity index (χ3n) is 6.05. The fourth-order valence-electron chi connectivity index (χ4n) is 4.22. The molecule has 0 radical (unpaired) electrons. The molecule has 2 N–H and O–H groups in total. The zero-order valence-corrected chi connectivity index (χ0v) is 18.9. The van der Waals surface area contributed by atoms with E-state index < -0.39 is 41.7 Å². The van der Waals surface area contributed by atoms with Gasteiger partial charge >= 0.3 is 11.9 Å². The van der Waals surface area contributed by atoms with Crippen LogP contribution in [0, 0.1) is 0 Å². The Morgan fingerprint density at radius 1 is 1.00 bits per heavy atom. The van der Waals surface area contributed by atoms with Crippen LogP contribution in [-0.4, -0.2) is 63.3 Å². The summed E-state index contributed by atoms with van der Waals surface area (Å²) in [5, 5.41) is 11.0. The first-order chi connectivity index (χ1) is 16.9. The Labute approximate surface area is 201 Å². The van der Waals surface area contributed by atoms with Crippen LogP contribution in [0.25, 0.3) is 0 Å². The van der Waals surface area contributed by atoms with E-state index in [2.05, 4.69) is 5.43 Å². The lowest BCUT2D eigenvalue weighted by molar-refractivity contribution is -0.153. The SMILES string of the molecule is O=C(O)C(CCC(=O)N1CCC[C@@H](C(=O)OCc2ccccc2)N1)N1C(=O)c2ccccc2C1=O. The van der Waals surface area contributed by atoms with E-state index >= 15 is 0 Å². The Bertz CT molecular complexity index is 1120. The number of carboxylic acid groups (broad SMARTS) is 1. The third kappa shape index (κ3) is 5.22. The van der Waals surface area contributed by atoms with Gasteiger partial charge in [0.1, 0.15) is 18.7 Å². The fraction of sp³-hybridized carbons (Fsp3) is 0.320. The smallest absolute Gasteiger partial charge is 0.326 e. The highest BCUT2D eigenvalue weighted by molar-refractivity contribution is 6.22. The van der Waals surface area contributed by atoms with E-state index in [0.717, 1.165) is 5.56 Å². The second-order valence-corrected chi connectivity index (χ2v) is 8.38. The van der Waals surface area contributed by atoms with Crippen LogP contribution in [0.2, 0.25) is 0 Å². The van der Waals surface area contributed by atoms with Gasteiger partial charge in [-0.3, -0.25) is 29.1 Å². The van der Waals surface area contributed by atoms with E-state index in [1.54, 1.807) is 12.1 Å². The number of carbonyl (C=O) groups is 5. The highest BCUT2D eigenvalue weighted by Crippen LogP contribution is 2.26. The van der Waals surface area contributed by atoms with E-state index in [1.165, 1.54) is 17.1 Å². The van der Waals surface area contributed by atoms with Crippen molar-refractivity contribution < 1.29 is 33.8 Å². The number of fused-ring (bicyclic) bond motifs is 1. The molecule has 10 nitrogen and oxygen atoms in total. The number of aliphatic carboxylic acids is 1. The van der Waals surface area contributed by atoms with Gasteiger partial charge in [-0.25, -0.2) is 10.2 Å². The number of hydrogen-bond acceptors (Lipinski definition) is 7. The van der Waals surface area contributed by atoms with Crippen LogP contribution >= 0.6 is 0 Å². The molecular formula is C25H25N3O7. The minimum atomic E-state index is -1.48. The molecule has 0 spiro atoms. The molecule has 0 aliphatic carbocycles. The lowest BCUT2D eigenvalue weighted by Crippen LogP contribution is -2.55. The van der Waals surface area contributed by atoms with Crippen LogP contribution < -0.4 is 5.43 Å². The number of nitrogens with zero attached hydrogens (tertiary/aromatic N) is 2. The van der Waals surface area contributed by atoms with Crippen LogP contribution in [-0.2, 0) is 25.7 Å². The standard InChI is InChI=1S/C25H25N3O7/c29-21(27-14-6-11-19(26-27)25(34)35-15-16-7-2-1-3-8-16)13-12-20(24(32)33)28-22(30)17-9-4-5-10-18(17)23(28)31/h1-5,7-10,19-20,26H,6,11-15H2,(H,32,33)/t19-,20?/m0/s1. The number of carbonyl (C=O) groups excluding carboxylic acids is 4. The maximum absolute atomic E-state index is 12.8. The fourth-order valence-corrected chi connectivity index (χ4v) is 4.22. The highest BCUT2D eigenvalue weighted by atomic mass is 16.5. The first-order valence-electron chi connectivity index (χ1n) is 11.3. The minimum absolute atomic E-state index is 0.117. The van der Waals surface area contributed by atoms with Gasteiger partial charge < -0.3 is 9.84 Å². The Morgan fingerprint density at radius 2 is 1.63 bits per heavy atom. The summed E-state index contributed by atoms with van der Waals surface area (Å²) in [4.78, 5) is 63.2. The quantitative estimate of drug-likeness (QED) is 0.432. The van der Waals surface area contributed by atoms with Crippen LogP contribution in [0.3, 0.4) is 0 Å². The van der Waals surface area contributed by atoms with E-state index in [-0.39, 0.29) is 30.6 Å². The van der Waals surface area contributed by atoms with Crippen LogP contribution in [0.1, 0.15) is 52.0 Å². The van der Waals surface area contributed by atoms with Crippen molar-refractivity contribution in [1.29, 1.82) is 0 Å². The number of benzene rings is 2. The van der Waals surface area contributed by atoms with Crippen molar-refractivity contribution in [2.45, 2.75) is 44.4 Å². The van der Waals surface area contributed by atoms with Crippen molar-refractivity contribution in [3.05, 3.63) is 71.3 Å². The largest absolute Gasteiger partial charge is 0.480 e. The van der Waals surface area contributed by atoms with Gasteiger partial charge in [0, 0.05) is 13.0 Å². The summed E-state index contributed by atoms with van der Waals surface area (Å²) < 4.78 is 5.35. The molecule has 2 aliphatic heterocycles. The average molecular weight is 479 g/mol. The van der Waals surface area contributed by atoms with Crippen LogP contribution in [0.4, 0.5) is 0 Å². The van der Waals surface area contributed by atoms with Gasteiger partial charge in [0.15, 0.2) is 0 Å². The maximum Gasteiger partial charge on any atom is 0.326 e. The topological polar surface area (TPSA) is 133 Å². The van der Waals surface area contributed by atoms with Gasteiger partial charge in [-0.1, -0.05) is 42.5 Å². The molecule has 35 heavy (non-hydrogen) atoms. The second kappa shape index (κ2) is 10.5. The van der Waals surface area contributed by atoms with Crippen LogP contribution in [0.5, 0.6) is 0 Å². The number of hydrogen-bond donors (Lipinski definition) is 2. The van der Waals surface area contributed by atoms with Crippen molar-refractivity contribution >= 4 is 29.7 Å². The highest BCUT2D eigenvalue weighted by Gasteiger charge is 2.43. The number of hydrazine groups is 1. The molecule has 0 aromatic heterocycles.